The number of amides is 1. The molecular formula is C18H20ClFN2O4S. The van der Waals surface area contributed by atoms with E-state index in [1.54, 1.807) is 13.0 Å². The molecule has 0 aromatic heterocycles. The minimum Gasteiger partial charge on any atom is -0.482 e. The van der Waals surface area contributed by atoms with Crippen molar-refractivity contribution in [2.75, 3.05) is 18.5 Å². The predicted molar refractivity (Wildman–Crippen MR) is 102 cm³/mol. The lowest BCUT2D eigenvalue weighted by Crippen LogP contribution is -2.24. The Balaban J connectivity index is 2.01. The van der Waals surface area contributed by atoms with Crippen LogP contribution >= 0.6 is 11.6 Å². The predicted octanol–water partition coefficient (Wildman–Crippen LogP) is 3.49. The first-order valence-corrected chi connectivity index (χ1v) is 10.1. The lowest BCUT2D eigenvalue weighted by Gasteiger charge is -2.12. The van der Waals surface area contributed by atoms with Crippen molar-refractivity contribution in [3.05, 3.63) is 52.8 Å². The van der Waals surface area contributed by atoms with Crippen molar-refractivity contribution in [1.82, 2.24) is 4.72 Å². The Hall–Kier alpha value is -2.16. The van der Waals surface area contributed by atoms with E-state index in [9.17, 15) is 17.6 Å². The van der Waals surface area contributed by atoms with Crippen LogP contribution < -0.4 is 14.8 Å². The van der Waals surface area contributed by atoms with Gasteiger partial charge in [0.25, 0.3) is 5.91 Å². The molecule has 2 aromatic carbocycles. The second-order valence-electron chi connectivity index (χ2n) is 5.79. The number of ether oxygens (including phenoxy) is 1. The Labute approximate surface area is 162 Å². The van der Waals surface area contributed by atoms with Crippen molar-refractivity contribution in [2.45, 2.75) is 25.2 Å². The quantitative estimate of drug-likeness (QED) is 0.692. The van der Waals surface area contributed by atoms with Crippen molar-refractivity contribution in [3.8, 4) is 5.75 Å². The molecule has 0 aliphatic carbocycles. The van der Waals surface area contributed by atoms with Gasteiger partial charge in [-0.15, -0.1) is 0 Å². The van der Waals surface area contributed by atoms with Gasteiger partial charge in [0.05, 0.1) is 9.92 Å². The number of hydrogen-bond acceptors (Lipinski definition) is 4. The van der Waals surface area contributed by atoms with Gasteiger partial charge in [0.15, 0.2) is 6.61 Å². The number of carbonyl (C=O) groups is 1. The summed E-state index contributed by atoms with van der Waals surface area (Å²) < 4.78 is 45.2. The monoisotopic (exact) mass is 414 g/mol. The number of sulfonamides is 1. The number of aryl methyl sites for hydroxylation is 1. The second-order valence-corrected chi connectivity index (χ2v) is 7.96. The molecule has 2 N–H and O–H groups in total. The van der Waals surface area contributed by atoms with Crippen LogP contribution in [-0.4, -0.2) is 27.5 Å². The van der Waals surface area contributed by atoms with Crippen molar-refractivity contribution < 1.29 is 22.3 Å². The molecule has 146 valence electrons. The highest BCUT2D eigenvalue weighted by Crippen LogP contribution is 2.27. The van der Waals surface area contributed by atoms with Gasteiger partial charge >= 0.3 is 0 Å². The van der Waals surface area contributed by atoms with Crippen LogP contribution in [0.3, 0.4) is 0 Å². The molecule has 9 heteroatoms. The largest absolute Gasteiger partial charge is 0.482 e. The molecular weight excluding hydrogens is 395 g/mol. The highest BCUT2D eigenvalue weighted by molar-refractivity contribution is 7.89. The maximum atomic E-state index is 13.3. The summed E-state index contributed by atoms with van der Waals surface area (Å²) in [4.78, 5) is 12.0. The van der Waals surface area contributed by atoms with Crippen LogP contribution in [0, 0.1) is 12.7 Å². The standard InChI is InChI=1S/C18H20ClFN2O4S/c1-3-8-21-27(24,25)14-6-7-17(15(19)10-14)26-11-18(23)22-16-9-13(20)5-4-12(16)2/h4-7,9-10,21H,3,8,11H2,1-2H3,(H,22,23). The summed E-state index contributed by atoms with van der Waals surface area (Å²) in [7, 11) is -3.65. The molecule has 6 nitrogen and oxygen atoms in total. The number of nitrogens with one attached hydrogen (secondary N) is 2. The first kappa shape index (κ1) is 21.1. The maximum Gasteiger partial charge on any atom is 0.262 e. The van der Waals surface area contributed by atoms with Crippen LogP contribution in [0.4, 0.5) is 10.1 Å². The summed E-state index contributed by atoms with van der Waals surface area (Å²) in [5, 5.41) is 2.61. The molecule has 0 fully saturated rings. The molecule has 0 aliphatic rings. The third kappa shape index (κ3) is 5.92. The number of anilines is 1. The van der Waals surface area contributed by atoms with E-state index in [0.29, 0.717) is 24.2 Å². The summed E-state index contributed by atoms with van der Waals surface area (Å²) >= 11 is 6.06. The van der Waals surface area contributed by atoms with Gasteiger partial charge < -0.3 is 10.1 Å². The van der Waals surface area contributed by atoms with Crippen LogP contribution in [0.25, 0.3) is 0 Å². The van der Waals surface area contributed by atoms with Crippen LogP contribution in [-0.2, 0) is 14.8 Å². The molecule has 0 unspecified atom stereocenters. The van der Waals surface area contributed by atoms with Crippen LogP contribution in [0.5, 0.6) is 5.75 Å². The van der Waals surface area contributed by atoms with E-state index in [-0.39, 0.29) is 22.3 Å². The van der Waals surface area contributed by atoms with Gasteiger partial charge in [-0.05, 0) is 49.2 Å². The Morgan fingerprint density at radius 3 is 2.63 bits per heavy atom. The molecule has 0 bridgehead atoms. The zero-order valence-corrected chi connectivity index (χ0v) is 16.5. The van der Waals surface area contributed by atoms with E-state index in [1.165, 1.54) is 30.3 Å². The summed E-state index contributed by atoms with van der Waals surface area (Å²) in [5.41, 5.74) is 1.05. The van der Waals surface area contributed by atoms with Crippen molar-refractivity contribution >= 4 is 33.2 Å². The molecule has 0 aliphatic heterocycles. The Morgan fingerprint density at radius 1 is 1.22 bits per heavy atom. The topological polar surface area (TPSA) is 84.5 Å². The first-order chi connectivity index (χ1) is 12.7. The van der Waals surface area contributed by atoms with Gasteiger partial charge in [-0.2, -0.15) is 0 Å². The van der Waals surface area contributed by atoms with E-state index >= 15 is 0 Å². The number of rotatable bonds is 8. The lowest BCUT2D eigenvalue weighted by molar-refractivity contribution is -0.118. The normalized spacial score (nSPS) is 11.3. The molecule has 1 amide bonds. The molecule has 2 rings (SSSR count). The average molecular weight is 415 g/mol. The summed E-state index contributed by atoms with van der Waals surface area (Å²) in [6, 6.07) is 8.03. The number of halogens is 2. The third-order valence-corrected chi connectivity index (χ3v) is 5.34. The molecule has 0 spiro atoms. The second kappa shape index (κ2) is 9.16. The molecule has 0 saturated carbocycles. The number of hydrogen-bond donors (Lipinski definition) is 2. The van der Waals surface area contributed by atoms with E-state index < -0.39 is 21.7 Å². The van der Waals surface area contributed by atoms with Gasteiger partial charge in [0.2, 0.25) is 10.0 Å². The average Bonchev–Trinajstić information content (AvgIpc) is 2.62. The third-order valence-electron chi connectivity index (χ3n) is 3.59. The SMILES string of the molecule is CCCNS(=O)(=O)c1ccc(OCC(=O)Nc2cc(F)ccc2C)c(Cl)c1. The van der Waals surface area contributed by atoms with E-state index in [0.717, 1.165) is 0 Å². The summed E-state index contributed by atoms with van der Waals surface area (Å²) in [6.45, 7) is 3.54. The fraction of sp³-hybridized carbons (Fsp3) is 0.278. The van der Waals surface area contributed by atoms with Crippen molar-refractivity contribution in [3.63, 3.8) is 0 Å². The molecule has 0 atom stereocenters. The van der Waals surface area contributed by atoms with Gasteiger partial charge in [0, 0.05) is 12.2 Å². The number of carbonyl (C=O) groups excluding carboxylic acids is 1. The van der Waals surface area contributed by atoms with E-state index in [1.807, 2.05) is 6.92 Å². The lowest BCUT2D eigenvalue weighted by atomic mass is 10.2. The van der Waals surface area contributed by atoms with Gasteiger partial charge in [0.1, 0.15) is 11.6 Å². The first-order valence-electron chi connectivity index (χ1n) is 8.21. The van der Waals surface area contributed by atoms with Crippen molar-refractivity contribution in [2.24, 2.45) is 0 Å². The highest BCUT2D eigenvalue weighted by atomic mass is 35.5. The molecule has 0 saturated heterocycles. The smallest absolute Gasteiger partial charge is 0.262 e. The fourth-order valence-electron chi connectivity index (χ4n) is 2.14. The van der Waals surface area contributed by atoms with Gasteiger partial charge in [-0.1, -0.05) is 24.6 Å². The minimum atomic E-state index is -3.65. The zero-order valence-electron chi connectivity index (χ0n) is 14.9. The van der Waals surface area contributed by atoms with Crippen LogP contribution in [0.2, 0.25) is 5.02 Å². The summed E-state index contributed by atoms with van der Waals surface area (Å²) in [6.07, 6.45) is 0.661. The van der Waals surface area contributed by atoms with Gasteiger partial charge in [-0.25, -0.2) is 17.5 Å². The van der Waals surface area contributed by atoms with Crippen LogP contribution in [0.1, 0.15) is 18.9 Å². The Morgan fingerprint density at radius 2 is 1.96 bits per heavy atom. The minimum absolute atomic E-state index is 0.00753. The van der Waals surface area contributed by atoms with E-state index in [2.05, 4.69) is 10.0 Å². The molecule has 0 radical (unpaired) electrons. The Kier molecular flexibility index (Phi) is 7.18. The number of benzene rings is 2. The zero-order chi connectivity index (χ0) is 20.0. The summed E-state index contributed by atoms with van der Waals surface area (Å²) in [5.74, 6) is -0.799. The molecule has 27 heavy (non-hydrogen) atoms. The fourth-order valence-corrected chi connectivity index (χ4v) is 3.60. The highest BCUT2D eigenvalue weighted by Gasteiger charge is 2.16. The van der Waals surface area contributed by atoms with Crippen molar-refractivity contribution in [1.29, 1.82) is 0 Å². The van der Waals surface area contributed by atoms with E-state index in [4.69, 9.17) is 16.3 Å². The van der Waals surface area contributed by atoms with Gasteiger partial charge in [-0.3, -0.25) is 4.79 Å². The molecule has 2 aromatic rings. The van der Waals surface area contributed by atoms with Crippen LogP contribution in [0.15, 0.2) is 41.3 Å². The molecule has 0 heterocycles. The maximum absolute atomic E-state index is 13.3. The Bertz CT molecular complexity index is 935.